The molecule has 1 N–H and O–H groups in total. The molecule has 1 atom stereocenters. The molecule has 0 spiro atoms. The Balaban J connectivity index is 3.88. The van der Waals surface area contributed by atoms with Gasteiger partial charge in [-0.3, -0.25) is 14.9 Å². The Hall–Kier alpha value is -2.17. The number of nitro groups is 1. The molecule has 0 heterocycles. The van der Waals surface area contributed by atoms with Gasteiger partial charge in [0.2, 0.25) is 6.04 Å². The first-order valence-corrected chi connectivity index (χ1v) is 9.03. The van der Waals surface area contributed by atoms with E-state index in [1.165, 1.54) is 0 Å². The molecule has 0 aromatic heterocycles. The predicted molar refractivity (Wildman–Crippen MR) is 102 cm³/mol. The lowest BCUT2D eigenvalue weighted by atomic mass is 10.1. The normalized spacial score (nSPS) is 13.5. The number of hydrogen-bond acceptors (Lipinski definition) is 3. The van der Waals surface area contributed by atoms with E-state index in [1.54, 1.807) is 0 Å². The number of nitrogens with zero attached hydrogens (tertiary/aromatic N) is 1. The van der Waals surface area contributed by atoms with Crippen molar-refractivity contribution < 1.29 is 14.8 Å². The van der Waals surface area contributed by atoms with Crippen molar-refractivity contribution in [3.8, 4) is 0 Å². The van der Waals surface area contributed by atoms with Gasteiger partial charge in [0.25, 0.3) is 0 Å². The van der Waals surface area contributed by atoms with Gasteiger partial charge in [0.05, 0.1) is 0 Å². The zero-order valence-electron chi connectivity index (χ0n) is 15.2. The van der Waals surface area contributed by atoms with Crippen molar-refractivity contribution in [3.63, 3.8) is 0 Å². The molecule has 0 aromatic carbocycles. The van der Waals surface area contributed by atoms with Crippen LogP contribution in [0.3, 0.4) is 0 Å². The van der Waals surface area contributed by atoms with Gasteiger partial charge in [0, 0.05) is 24.2 Å². The highest BCUT2D eigenvalue weighted by molar-refractivity contribution is 5.66. The maximum atomic E-state index is 11.1. The Morgan fingerprint density at radius 1 is 1.00 bits per heavy atom. The summed E-state index contributed by atoms with van der Waals surface area (Å²) in [6.45, 7) is 2.08. The van der Waals surface area contributed by atoms with Gasteiger partial charge >= 0.3 is 5.97 Å². The molecule has 0 radical (unpaired) electrons. The quantitative estimate of drug-likeness (QED) is 0.184. The van der Waals surface area contributed by atoms with Crippen LogP contribution in [0.4, 0.5) is 0 Å². The SMILES string of the molecule is CC/C=C/C/C=C/CC(CC/C=C/C/C=C/CCCC(=O)O)[N+](=O)[O-]. The number of carbonyl (C=O) groups is 1. The molecule has 0 aliphatic rings. The van der Waals surface area contributed by atoms with Gasteiger partial charge in [-0.25, -0.2) is 0 Å². The van der Waals surface area contributed by atoms with E-state index in [2.05, 4.69) is 19.1 Å². The lowest BCUT2D eigenvalue weighted by molar-refractivity contribution is -0.522. The van der Waals surface area contributed by atoms with Gasteiger partial charge in [0.1, 0.15) is 0 Å². The number of rotatable bonds is 15. The third-order valence-electron chi connectivity index (χ3n) is 3.58. The largest absolute Gasteiger partial charge is 0.481 e. The summed E-state index contributed by atoms with van der Waals surface area (Å²) in [5.74, 6) is -0.763. The molecular weight excluding hydrogens is 318 g/mol. The van der Waals surface area contributed by atoms with Crippen molar-refractivity contribution in [2.75, 3.05) is 0 Å². The Kier molecular flexibility index (Phi) is 15.2. The van der Waals surface area contributed by atoms with Gasteiger partial charge in [-0.15, -0.1) is 0 Å². The Morgan fingerprint density at radius 3 is 2.20 bits per heavy atom. The summed E-state index contributed by atoms with van der Waals surface area (Å²) in [5.41, 5.74) is 0. The van der Waals surface area contributed by atoms with Crippen molar-refractivity contribution in [1.82, 2.24) is 0 Å². The summed E-state index contributed by atoms with van der Waals surface area (Å²) in [6.07, 6.45) is 21.9. The minimum atomic E-state index is -0.763. The van der Waals surface area contributed by atoms with Gasteiger partial charge in [-0.2, -0.15) is 0 Å². The smallest absolute Gasteiger partial charge is 0.303 e. The molecule has 0 saturated heterocycles. The molecule has 0 aliphatic carbocycles. The van der Waals surface area contributed by atoms with Gasteiger partial charge in [-0.05, 0) is 38.5 Å². The average molecular weight is 349 g/mol. The molecule has 0 aromatic rings. The molecular formula is C20H31NO4. The molecule has 0 saturated carbocycles. The Labute approximate surface area is 151 Å². The van der Waals surface area contributed by atoms with E-state index >= 15 is 0 Å². The second-order valence-corrected chi connectivity index (χ2v) is 5.80. The van der Waals surface area contributed by atoms with Crippen LogP contribution in [0.1, 0.15) is 64.7 Å². The summed E-state index contributed by atoms with van der Waals surface area (Å²) in [7, 11) is 0. The van der Waals surface area contributed by atoms with Crippen LogP contribution < -0.4 is 0 Å². The molecule has 0 rings (SSSR count). The van der Waals surface area contributed by atoms with Crippen molar-refractivity contribution in [3.05, 3.63) is 58.7 Å². The first-order chi connectivity index (χ1) is 12.1. The Bertz CT molecular complexity index is 478. The topological polar surface area (TPSA) is 80.4 Å². The third-order valence-corrected chi connectivity index (χ3v) is 3.58. The highest BCUT2D eigenvalue weighted by atomic mass is 16.6. The molecule has 5 nitrogen and oxygen atoms in total. The molecule has 5 heteroatoms. The highest BCUT2D eigenvalue weighted by Gasteiger charge is 2.16. The fourth-order valence-corrected chi connectivity index (χ4v) is 2.17. The summed E-state index contributed by atoms with van der Waals surface area (Å²) < 4.78 is 0. The van der Waals surface area contributed by atoms with Crippen LogP contribution in [-0.4, -0.2) is 22.0 Å². The number of hydrogen-bond donors (Lipinski definition) is 1. The van der Waals surface area contributed by atoms with E-state index < -0.39 is 12.0 Å². The van der Waals surface area contributed by atoms with Gasteiger partial charge in [-0.1, -0.05) is 55.5 Å². The molecule has 25 heavy (non-hydrogen) atoms. The lowest BCUT2D eigenvalue weighted by Gasteiger charge is -2.04. The van der Waals surface area contributed by atoms with E-state index in [-0.39, 0.29) is 11.3 Å². The summed E-state index contributed by atoms with van der Waals surface area (Å²) in [5, 5.41) is 19.6. The minimum Gasteiger partial charge on any atom is -0.481 e. The van der Waals surface area contributed by atoms with Crippen LogP contribution >= 0.6 is 0 Å². The van der Waals surface area contributed by atoms with Crippen LogP contribution in [0.15, 0.2) is 48.6 Å². The third kappa shape index (κ3) is 16.5. The molecule has 0 bridgehead atoms. The molecule has 140 valence electrons. The maximum Gasteiger partial charge on any atom is 0.303 e. The first kappa shape index (κ1) is 22.8. The average Bonchev–Trinajstić information content (AvgIpc) is 2.57. The van der Waals surface area contributed by atoms with Crippen LogP contribution in [-0.2, 0) is 4.79 Å². The van der Waals surface area contributed by atoms with E-state index in [9.17, 15) is 14.9 Å². The monoisotopic (exact) mass is 349 g/mol. The minimum absolute atomic E-state index is 0.192. The Morgan fingerprint density at radius 2 is 1.60 bits per heavy atom. The van der Waals surface area contributed by atoms with Gasteiger partial charge in [0.15, 0.2) is 0 Å². The fourth-order valence-electron chi connectivity index (χ4n) is 2.17. The molecule has 0 aliphatic heterocycles. The molecule has 0 amide bonds. The van der Waals surface area contributed by atoms with E-state index in [0.29, 0.717) is 25.7 Å². The van der Waals surface area contributed by atoms with Crippen LogP contribution in [0.25, 0.3) is 0 Å². The van der Waals surface area contributed by atoms with Crippen LogP contribution in [0.5, 0.6) is 0 Å². The summed E-state index contributed by atoms with van der Waals surface area (Å²) in [6, 6.07) is -0.525. The summed E-state index contributed by atoms with van der Waals surface area (Å²) in [4.78, 5) is 21.2. The fraction of sp³-hybridized carbons (Fsp3) is 0.550. The summed E-state index contributed by atoms with van der Waals surface area (Å²) >= 11 is 0. The number of aliphatic carboxylic acids is 1. The predicted octanol–water partition coefficient (Wildman–Crippen LogP) is 5.47. The number of unbranched alkanes of at least 4 members (excludes halogenated alkanes) is 1. The van der Waals surface area contributed by atoms with Crippen molar-refractivity contribution in [2.24, 2.45) is 0 Å². The van der Waals surface area contributed by atoms with Crippen molar-refractivity contribution >= 4 is 5.97 Å². The standard InChI is InChI=1S/C20H31NO4/c1-2-3-4-5-10-13-16-19(21(24)25)17-14-11-8-6-7-9-12-15-18-20(22)23/h3-4,7-11,13,19H,2,5-6,12,14-18H2,1H3,(H,22,23)/b4-3+,9-7+,11-8+,13-10+. The first-order valence-electron chi connectivity index (χ1n) is 9.03. The van der Waals surface area contributed by atoms with E-state index in [4.69, 9.17) is 5.11 Å². The van der Waals surface area contributed by atoms with Gasteiger partial charge < -0.3 is 5.11 Å². The van der Waals surface area contributed by atoms with Crippen LogP contribution in [0, 0.1) is 10.1 Å². The zero-order chi connectivity index (χ0) is 18.8. The highest BCUT2D eigenvalue weighted by Crippen LogP contribution is 2.09. The molecule has 0 fully saturated rings. The maximum absolute atomic E-state index is 11.1. The van der Waals surface area contributed by atoms with Crippen LogP contribution in [0.2, 0.25) is 0 Å². The van der Waals surface area contributed by atoms with E-state index in [0.717, 1.165) is 25.7 Å². The van der Waals surface area contributed by atoms with Crippen molar-refractivity contribution in [2.45, 2.75) is 70.8 Å². The number of allylic oxidation sites excluding steroid dienone is 7. The second kappa shape index (κ2) is 16.7. The van der Waals surface area contributed by atoms with Crippen molar-refractivity contribution in [1.29, 1.82) is 0 Å². The zero-order valence-corrected chi connectivity index (χ0v) is 15.2. The number of carboxylic acid groups (broad SMARTS) is 1. The van der Waals surface area contributed by atoms with E-state index in [1.807, 2.05) is 36.5 Å². The number of carboxylic acids is 1. The molecule has 1 unspecified atom stereocenters. The lowest BCUT2D eigenvalue weighted by Crippen LogP contribution is -2.18. The second-order valence-electron chi connectivity index (χ2n) is 5.80.